The fraction of sp³-hybridized carbons (Fsp3) is 0.278. The van der Waals surface area contributed by atoms with Crippen molar-refractivity contribution in [1.82, 2.24) is 20.1 Å². The molecule has 0 aliphatic carbocycles. The van der Waals surface area contributed by atoms with Gasteiger partial charge >= 0.3 is 5.97 Å². The number of aromatic nitrogens is 3. The Bertz CT molecular complexity index is 917. The van der Waals surface area contributed by atoms with Gasteiger partial charge in [-0.25, -0.2) is 14.5 Å². The van der Waals surface area contributed by atoms with Gasteiger partial charge in [0.1, 0.15) is 0 Å². The number of nitrogens with zero attached hydrogens (tertiary/aromatic N) is 3. The number of benzene rings is 1. The number of para-hydroxylation sites is 1. The minimum atomic E-state index is -0.378. The summed E-state index contributed by atoms with van der Waals surface area (Å²) in [6.07, 6.45) is 0.802. The van der Waals surface area contributed by atoms with Crippen LogP contribution in [0.15, 0.2) is 36.4 Å². The van der Waals surface area contributed by atoms with Crippen LogP contribution in [0.5, 0.6) is 0 Å². The number of hydrogen-bond acceptors (Lipinski definition) is 5. The zero-order chi connectivity index (χ0) is 16.5. The molecule has 1 aliphatic rings. The molecule has 2 aromatic heterocycles. The fourth-order valence-electron chi connectivity index (χ4n) is 3.07. The van der Waals surface area contributed by atoms with E-state index >= 15 is 0 Å². The Morgan fingerprint density at radius 3 is 3.04 bits per heavy atom. The number of carbonyl (C=O) groups is 1. The Morgan fingerprint density at radius 1 is 1.29 bits per heavy atom. The maximum Gasteiger partial charge on any atom is 0.359 e. The van der Waals surface area contributed by atoms with E-state index in [4.69, 9.17) is 9.72 Å². The Balaban J connectivity index is 1.85. The molecule has 4 rings (SSSR count). The van der Waals surface area contributed by atoms with E-state index in [2.05, 4.69) is 10.4 Å². The summed E-state index contributed by atoms with van der Waals surface area (Å²) in [5.74, 6) is 0.347. The summed E-state index contributed by atoms with van der Waals surface area (Å²) in [4.78, 5) is 16.9. The highest BCUT2D eigenvalue weighted by molar-refractivity contribution is 5.89. The molecule has 0 unspecified atom stereocenters. The summed E-state index contributed by atoms with van der Waals surface area (Å²) in [6, 6.07) is 11.9. The predicted molar refractivity (Wildman–Crippen MR) is 90.2 cm³/mol. The first-order valence-electron chi connectivity index (χ1n) is 8.12. The van der Waals surface area contributed by atoms with E-state index in [0.717, 1.165) is 40.9 Å². The van der Waals surface area contributed by atoms with Crippen LogP contribution in [0.2, 0.25) is 0 Å². The van der Waals surface area contributed by atoms with Crippen molar-refractivity contribution in [1.29, 1.82) is 0 Å². The van der Waals surface area contributed by atoms with E-state index in [1.807, 2.05) is 36.4 Å². The first kappa shape index (κ1) is 14.8. The van der Waals surface area contributed by atoms with Crippen molar-refractivity contribution in [3.8, 4) is 5.82 Å². The number of esters is 1. The van der Waals surface area contributed by atoms with Gasteiger partial charge in [-0.15, -0.1) is 0 Å². The van der Waals surface area contributed by atoms with Gasteiger partial charge in [0.25, 0.3) is 0 Å². The van der Waals surface area contributed by atoms with Crippen LogP contribution >= 0.6 is 0 Å². The zero-order valence-electron chi connectivity index (χ0n) is 13.5. The Labute approximate surface area is 139 Å². The van der Waals surface area contributed by atoms with E-state index in [-0.39, 0.29) is 5.97 Å². The second-order valence-electron chi connectivity index (χ2n) is 5.70. The first-order chi connectivity index (χ1) is 11.8. The summed E-state index contributed by atoms with van der Waals surface area (Å²) >= 11 is 0. The number of pyridine rings is 1. The quantitative estimate of drug-likeness (QED) is 0.749. The SMILES string of the molecule is CCOC(=O)c1nn(-c2ccc3ccccc3n2)c2c1CNCC2. The molecule has 24 heavy (non-hydrogen) atoms. The minimum Gasteiger partial charge on any atom is -0.461 e. The van der Waals surface area contributed by atoms with Crippen molar-refractivity contribution in [2.75, 3.05) is 13.2 Å². The Hall–Kier alpha value is -2.73. The first-order valence-corrected chi connectivity index (χ1v) is 8.12. The molecular weight excluding hydrogens is 304 g/mol. The topological polar surface area (TPSA) is 69.0 Å². The number of rotatable bonds is 3. The van der Waals surface area contributed by atoms with Crippen molar-refractivity contribution in [3.05, 3.63) is 53.3 Å². The average Bonchev–Trinajstić information content (AvgIpc) is 3.01. The standard InChI is InChI=1S/C18H18N4O2/c1-2-24-18(23)17-13-11-19-10-9-15(13)22(21-17)16-8-7-12-5-3-4-6-14(12)20-16/h3-8,19H,2,9-11H2,1H3. The second-order valence-corrected chi connectivity index (χ2v) is 5.70. The van der Waals surface area contributed by atoms with E-state index in [1.54, 1.807) is 11.6 Å². The van der Waals surface area contributed by atoms with Crippen LogP contribution in [0.1, 0.15) is 28.7 Å². The van der Waals surface area contributed by atoms with Crippen molar-refractivity contribution < 1.29 is 9.53 Å². The zero-order valence-corrected chi connectivity index (χ0v) is 13.5. The van der Waals surface area contributed by atoms with Gasteiger partial charge in [-0.1, -0.05) is 18.2 Å². The largest absolute Gasteiger partial charge is 0.461 e. The van der Waals surface area contributed by atoms with Crippen molar-refractivity contribution in [2.45, 2.75) is 19.9 Å². The molecule has 1 aliphatic heterocycles. The van der Waals surface area contributed by atoms with Gasteiger partial charge in [-0.05, 0) is 25.1 Å². The maximum absolute atomic E-state index is 12.2. The third kappa shape index (κ3) is 2.45. The van der Waals surface area contributed by atoms with Gasteiger partial charge < -0.3 is 10.1 Å². The lowest BCUT2D eigenvalue weighted by Crippen LogP contribution is -2.25. The van der Waals surface area contributed by atoms with Crippen molar-refractivity contribution >= 4 is 16.9 Å². The molecule has 3 aromatic rings. The van der Waals surface area contributed by atoms with Crippen LogP contribution < -0.4 is 5.32 Å². The number of nitrogens with one attached hydrogen (secondary N) is 1. The molecule has 3 heterocycles. The Kier molecular flexibility index (Phi) is 3.74. The molecule has 1 aromatic carbocycles. The van der Waals surface area contributed by atoms with Gasteiger partial charge in [-0.3, -0.25) is 0 Å². The third-order valence-corrected chi connectivity index (χ3v) is 4.20. The van der Waals surface area contributed by atoms with Gasteiger partial charge in [0.2, 0.25) is 0 Å². The lowest BCUT2D eigenvalue weighted by Gasteiger charge is -2.15. The lowest BCUT2D eigenvalue weighted by atomic mass is 10.1. The van der Waals surface area contributed by atoms with Crippen molar-refractivity contribution in [3.63, 3.8) is 0 Å². The lowest BCUT2D eigenvalue weighted by molar-refractivity contribution is 0.0517. The van der Waals surface area contributed by atoms with E-state index < -0.39 is 0 Å². The average molecular weight is 322 g/mol. The molecule has 0 fully saturated rings. The Morgan fingerprint density at radius 2 is 2.17 bits per heavy atom. The van der Waals surface area contributed by atoms with Crippen LogP contribution in [0.25, 0.3) is 16.7 Å². The molecule has 0 radical (unpaired) electrons. The summed E-state index contributed by atoms with van der Waals surface area (Å²) < 4.78 is 6.94. The molecule has 0 atom stereocenters. The van der Waals surface area contributed by atoms with Crippen LogP contribution in [0.3, 0.4) is 0 Å². The molecule has 122 valence electrons. The number of fused-ring (bicyclic) bond motifs is 2. The van der Waals surface area contributed by atoms with Gasteiger partial charge in [0.15, 0.2) is 11.5 Å². The molecule has 0 bridgehead atoms. The second kappa shape index (κ2) is 6.05. The highest BCUT2D eigenvalue weighted by Gasteiger charge is 2.26. The number of hydrogen-bond donors (Lipinski definition) is 1. The summed E-state index contributed by atoms with van der Waals surface area (Å²) in [6.45, 7) is 3.61. The minimum absolute atomic E-state index is 0.335. The fourth-order valence-corrected chi connectivity index (χ4v) is 3.07. The summed E-state index contributed by atoms with van der Waals surface area (Å²) in [7, 11) is 0. The molecule has 1 N–H and O–H groups in total. The predicted octanol–water partition coefficient (Wildman–Crippen LogP) is 2.24. The van der Waals surface area contributed by atoms with Crippen LogP contribution in [0, 0.1) is 0 Å². The smallest absolute Gasteiger partial charge is 0.359 e. The van der Waals surface area contributed by atoms with E-state index in [1.165, 1.54) is 0 Å². The number of ether oxygens (including phenoxy) is 1. The van der Waals surface area contributed by atoms with Crippen LogP contribution in [-0.4, -0.2) is 33.9 Å². The van der Waals surface area contributed by atoms with Gasteiger partial charge in [0, 0.05) is 30.5 Å². The van der Waals surface area contributed by atoms with E-state index in [0.29, 0.717) is 18.8 Å². The monoisotopic (exact) mass is 322 g/mol. The molecule has 0 saturated heterocycles. The highest BCUT2D eigenvalue weighted by atomic mass is 16.5. The normalized spacial score (nSPS) is 13.7. The van der Waals surface area contributed by atoms with Crippen LogP contribution in [0.4, 0.5) is 0 Å². The van der Waals surface area contributed by atoms with E-state index in [9.17, 15) is 4.79 Å². The molecule has 6 nitrogen and oxygen atoms in total. The maximum atomic E-state index is 12.2. The molecular formula is C18H18N4O2. The van der Waals surface area contributed by atoms with Crippen molar-refractivity contribution in [2.24, 2.45) is 0 Å². The van der Waals surface area contributed by atoms with Gasteiger partial charge in [0.05, 0.1) is 17.8 Å². The molecule has 0 saturated carbocycles. The molecule has 6 heteroatoms. The molecule has 0 spiro atoms. The van der Waals surface area contributed by atoms with Gasteiger partial charge in [-0.2, -0.15) is 5.10 Å². The van der Waals surface area contributed by atoms with Crippen LogP contribution in [-0.2, 0) is 17.7 Å². The highest BCUT2D eigenvalue weighted by Crippen LogP contribution is 2.23. The third-order valence-electron chi connectivity index (χ3n) is 4.20. The summed E-state index contributed by atoms with van der Waals surface area (Å²) in [5.41, 5.74) is 3.23. The summed E-state index contributed by atoms with van der Waals surface area (Å²) in [5, 5.41) is 8.90. The number of carbonyl (C=O) groups excluding carboxylic acids is 1. The molecule has 0 amide bonds.